The Morgan fingerprint density at radius 2 is 1.85 bits per heavy atom. The third-order valence-electron chi connectivity index (χ3n) is 6.75. The molecule has 33 heavy (non-hydrogen) atoms. The van der Waals surface area contributed by atoms with Crippen molar-refractivity contribution in [3.8, 4) is 0 Å². The number of amides is 3. The lowest BCUT2D eigenvalue weighted by atomic mass is 9.96. The Hall–Kier alpha value is -3.68. The van der Waals surface area contributed by atoms with Crippen molar-refractivity contribution in [3.63, 3.8) is 0 Å². The summed E-state index contributed by atoms with van der Waals surface area (Å²) in [6, 6.07) is 12.3. The van der Waals surface area contributed by atoms with Crippen LogP contribution in [0.4, 0.5) is 11.4 Å². The molecule has 1 saturated heterocycles. The van der Waals surface area contributed by atoms with Gasteiger partial charge in [-0.3, -0.25) is 19.3 Å². The van der Waals surface area contributed by atoms with E-state index < -0.39 is 24.1 Å². The predicted octanol–water partition coefficient (Wildman–Crippen LogP) is 2.93. The number of hydrogen-bond donors (Lipinski definition) is 1. The number of rotatable bonds is 5. The molecule has 2 aromatic rings. The average molecular weight is 447 g/mol. The molecular formula is C25H25N3O5. The van der Waals surface area contributed by atoms with Crippen LogP contribution in [0.1, 0.15) is 47.2 Å². The summed E-state index contributed by atoms with van der Waals surface area (Å²) in [6.07, 6.45) is 1.78. The number of carbonyl (C=O) groups is 4. The fraction of sp³-hybridized carbons (Fsp3) is 0.360. The molecule has 1 N–H and O–H groups in total. The summed E-state index contributed by atoms with van der Waals surface area (Å²) in [5.41, 5.74) is 1.87. The highest BCUT2D eigenvalue weighted by Crippen LogP contribution is 2.49. The maximum absolute atomic E-state index is 13.5. The highest BCUT2D eigenvalue weighted by Gasteiger charge is 2.64. The molecule has 3 aliphatic rings. The Bertz CT molecular complexity index is 1190. The molecule has 2 aliphatic heterocycles. The lowest BCUT2D eigenvalue weighted by Gasteiger charge is -2.48. The van der Waals surface area contributed by atoms with Gasteiger partial charge in [0, 0.05) is 24.6 Å². The van der Waals surface area contributed by atoms with Gasteiger partial charge in [0.15, 0.2) is 6.61 Å². The Morgan fingerprint density at radius 1 is 1.09 bits per heavy atom. The van der Waals surface area contributed by atoms with Crippen LogP contribution in [0.5, 0.6) is 0 Å². The van der Waals surface area contributed by atoms with Crippen LogP contribution in [-0.4, -0.2) is 46.9 Å². The summed E-state index contributed by atoms with van der Waals surface area (Å²) in [5, 5.41) is 2.77. The van der Waals surface area contributed by atoms with Crippen LogP contribution in [0, 0.1) is 13.8 Å². The first-order valence-electron chi connectivity index (χ1n) is 11.1. The number of esters is 1. The Labute approximate surface area is 191 Å². The van der Waals surface area contributed by atoms with E-state index in [2.05, 4.69) is 5.32 Å². The molecule has 1 saturated carbocycles. The Kier molecular flexibility index (Phi) is 4.96. The van der Waals surface area contributed by atoms with Crippen molar-refractivity contribution in [1.82, 2.24) is 4.90 Å². The summed E-state index contributed by atoms with van der Waals surface area (Å²) in [5.74, 6) is -1.75. The zero-order valence-corrected chi connectivity index (χ0v) is 18.6. The van der Waals surface area contributed by atoms with E-state index >= 15 is 0 Å². The third kappa shape index (κ3) is 3.28. The topological polar surface area (TPSA) is 96.0 Å². The number of carbonyl (C=O) groups excluding carboxylic acids is 4. The van der Waals surface area contributed by atoms with Crippen molar-refractivity contribution in [1.29, 1.82) is 0 Å². The lowest BCUT2D eigenvalue weighted by molar-refractivity contribution is -0.159. The smallest absolute Gasteiger partial charge is 0.354 e. The standard InChI is InChI=1S/C25H25N3O5/c1-15-6-5-8-19(16(15)2)26-21(29)14-33-24(32)25-13-12-22(30)28(25)20-9-4-3-7-18(20)23(31)27(25)17-10-11-17/h3-9,17H,10-14H2,1-2H3,(H,26,29). The Morgan fingerprint density at radius 3 is 2.61 bits per heavy atom. The summed E-state index contributed by atoms with van der Waals surface area (Å²) in [6.45, 7) is 3.33. The van der Waals surface area contributed by atoms with Crippen molar-refractivity contribution < 1.29 is 23.9 Å². The van der Waals surface area contributed by atoms with E-state index in [0.29, 0.717) is 16.9 Å². The van der Waals surface area contributed by atoms with E-state index in [9.17, 15) is 19.2 Å². The fourth-order valence-electron chi connectivity index (χ4n) is 4.83. The molecule has 1 aliphatic carbocycles. The van der Waals surface area contributed by atoms with Crippen LogP contribution in [0.25, 0.3) is 0 Å². The molecule has 0 radical (unpaired) electrons. The average Bonchev–Trinajstić information content (AvgIpc) is 3.57. The van der Waals surface area contributed by atoms with Gasteiger partial charge in [0.05, 0.1) is 11.3 Å². The lowest BCUT2D eigenvalue weighted by Crippen LogP contribution is -2.69. The van der Waals surface area contributed by atoms with E-state index in [4.69, 9.17) is 4.74 Å². The molecule has 170 valence electrons. The van der Waals surface area contributed by atoms with Crippen LogP contribution in [-0.2, 0) is 19.1 Å². The van der Waals surface area contributed by atoms with Crippen LogP contribution in [0.3, 0.4) is 0 Å². The van der Waals surface area contributed by atoms with Crippen LogP contribution in [0.2, 0.25) is 0 Å². The molecule has 2 fully saturated rings. The first-order chi connectivity index (χ1) is 15.8. The monoisotopic (exact) mass is 447 g/mol. The van der Waals surface area contributed by atoms with Gasteiger partial charge < -0.3 is 15.0 Å². The van der Waals surface area contributed by atoms with Crippen molar-refractivity contribution in [2.24, 2.45) is 0 Å². The molecule has 5 rings (SSSR count). The van der Waals surface area contributed by atoms with E-state index in [0.717, 1.165) is 24.0 Å². The number of nitrogens with zero attached hydrogens (tertiary/aromatic N) is 2. The third-order valence-corrected chi connectivity index (χ3v) is 6.75. The van der Waals surface area contributed by atoms with E-state index in [1.165, 1.54) is 9.80 Å². The number of fused-ring (bicyclic) bond motifs is 3. The first-order valence-corrected chi connectivity index (χ1v) is 11.1. The van der Waals surface area contributed by atoms with Gasteiger partial charge in [-0.25, -0.2) is 4.79 Å². The second-order valence-electron chi connectivity index (χ2n) is 8.84. The second kappa shape index (κ2) is 7.72. The molecular weight excluding hydrogens is 422 g/mol. The van der Waals surface area contributed by atoms with Gasteiger partial charge >= 0.3 is 5.97 Å². The van der Waals surface area contributed by atoms with Crippen molar-refractivity contribution in [2.45, 2.75) is 51.2 Å². The van der Waals surface area contributed by atoms with Gasteiger partial charge in [0.25, 0.3) is 11.8 Å². The highest BCUT2D eigenvalue weighted by molar-refractivity contribution is 6.16. The van der Waals surface area contributed by atoms with Crippen molar-refractivity contribution in [3.05, 3.63) is 59.2 Å². The minimum atomic E-state index is -1.55. The summed E-state index contributed by atoms with van der Waals surface area (Å²) < 4.78 is 5.47. The largest absolute Gasteiger partial charge is 0.452 e. The van der Waals surface area contributed by atoms with Gasteiger partial charge in [0.1, 0.15) is 0 Å². The van der Waals surface area contributed by atoms with E-state index in [1.807, 2.05) is 26.0 Å². The second-order valence-corrected chi connectivity index (χ2v) is 8.84. The fourth-order valence-corrected chi connectivity index (χ4v) is 4.83. The zero-order chi connectivity index (χ0) is 23.3. The summed E-state index contributed by atoms with van der Waals surface area (Å²) in [7, 11) is 0. The number of aryl methyl sites for hydroxylation is 1. The molecule has 1 atom stereocenters. The first kappa shape index (κ1) is 21.2. The quantitative estimate of drug-likeness (QED) is 0.711. The number of nitrogens with one attached hydrogen (secondary N) is 1. The molecule has 2 heterocycles. The summed E-state index contributed by atoms with van der Waals surface area (Å²) in [4.78, 5) is 55.4. The predicted molar refractivity (Wildman–Crippen MR) is 121 cm³/mol. The molecule has 0 bridgehead atoms. The molecule has 0 spiro atoms. The number of benzene rings is 2. The van der Waals surface area contributed by atoms with Crippen LogP contribution >= 0.6 is 0 Å². The molecule has 2 aromatic carbocycles. The summed E-state index contributed by atoms with van der Waals surface area (Å²) >= 11 is 0. The van der Waals surface area contributed by atoms with Gasteiger partial charge in [-0.2, -0.15) is 0 Å². The minimum absolute atomic E-state index is 0.120. The minimum Gasteiger partial charge on any atom is -0.452 e. The normalized spacial score (nSPS) is 21.5. The van der Waals surface area contributed by atoms with Gasteiger partial charge in [0.2, 0.25) is 11.6 Å². The number of ether oxygens (including phenoxy) is 1. The molecule has 8 nitrogen and oxygen atoms in total. The van der Waals surface area contributed by atoms with Gasteiger partial charge in [-0.05, 0) is 56.0 Å². The molecule has 1 unspecified atom stereocenters. The number of hydrogen-bond acceptors (Lipinski definition) is 5. The van der Waals surface area contributed by atoms with Crippen molar-refractivity contribution in [2.75, 3.05) is 16.8 Å². The molecule has 3 amide bonds. The highest BCUT2D eigenvalue weighted by atomic mass is 16.5. The maximum Gasteiger partial charge on any atom is 0.354 e. The molecule has 8 heteroatoms. The SMILES string of the molecule is Cc1cccc(NC(=O)COC(=O)C23CCC(=O)N2c2ccccc2C(=O)N3C2CC2)c1C. The number of anilines is 2. The maximum atomic E-state index is 13.5. The van der Waals surface area contributed by atoms with Crippen LogP contribution < -0.4 is 10.2 Å². The number of para-hydroxylation sites is 1. The Balaban J connectivity index is 1.42. The van der Waals surface area contributed by atoms with Crippen LogP contribution in [0.15, 0.2) is 42.5 Å². The van der Waals surface area contributed by atoms with E-state index in [-0.39, 0.29) is 30.7 Å². The van der Waals surface area contributed by atoms with E-state index in [1.54, 1.807) is 30.3 Å². The zero-order valence-electron chi connectivity index (χ0n) is 18.6. The molecule has 0 aromatic heterocycles. The van der Waals surface area contributed by atoms with Crippen molar-refractivity contribution >= 4 is 35.1 Å². The van der Waals surface area contributed by atoms with Gasteiger partial charge in [-0.15, -0.1) is 0 Å². The van der Waals surface area contributed by atoms with Gasteiger partial charge in [-0.1, -0.05) is 24.3 Å².